The normalized spacial score (nSPS) is 12.5. The van der Waals surface area contributed by atoms with Crippen LogP contribution < -0.4 is 15.5 Å². The first kappa shape index (κ1) is 33.5. The highest BCUT2D eigenvalue weighted by molar-refractivity contribution is 6.18. The number of aryl methyl sites for hydroxylation is 2. The minimum atomic E-state index is -1.02. The van der Waals surface area contributed by atoms with Crippen molar-refractivity contribution in [2.45, 2.75) is 45.2 Å². The third kappa shape index (κ3) is 9.50. The van der Waals surface area contributed by atoms with Gasteiger partial charge in [0, 0.05) is 44.0 Å². The lowest BCUT2D eigenvalue weighted by Crippen LogP contribution is -2.50. The van der Waals surface area contributed by atoms with E-state index in [-0.39, 0.29) is 36.6 Å². The Labute approximate surface area is 229 Å². The maximum Gasteiger partial charge on any atom is 0.326 e. The summed E-state index contributed by atoms with van der Waals surface area (Å²) in [7, 11) is 3.66. The summed E-state index contributed by atoms with van der Waals surface area (Å²) in [4.78, 5) is 31.1. The van der Waals surface area contributed by atoms with Gasteiger partial charge >= 0.3 is 5.97 Å². The average molecular weight is 573 g/mol. The second-order valence-electron chi connectivity index (χ2n) is 8.53. The van der Waals surface area contributed by atoms with Gasteiger partial charge in [0.05, 0.1) is 17.1 Å². The van der Waals surface area contributed by atoms with Crippen molar-refractivity contribution in [1.82, 2.24) is 20.2 Å². The van der Waals surface area contributed by atoms with E-state index in [1.165, 1.54) is 0 Å². The summed E-state index contributed by atoms with van der Waals surface area (Å²) in [5.74, 6) is 0.702. The van der Waals surface area contributed by atoms with Crippen LogP contribution in [0.1, 0.15) is 32.5 Å². The van der Waals surface area contributed by atoms with Crippen molar-refractivity contribution >= 4 is 76.6 Å². The number of anilines is 1. The van der Waals surface area contributed by atoms with E-state index in [0.717, 1.165) is 22.5 Å². The molecule has 0 saturated carbocycles. The highest BCUT2D eigenvalue weighted by Crippen LogP contribution is 2.23. The van der Waals surface area contributed by atoms with Crippen LogP contribution in [0.3, 0.4) is 0 Å². The molecule has 2 aromatic rings. The quantitative estimate of drug-likeness (QED) is 0.297. The number of imidazole rings is 1. The van der Waals surface area contributed by atoms with Gasteiger partial charge in [-0.2, -0.15) is 0 Å². The summed E-state index contributed by atoms with van der Waals surface area (Å²) in [6.45, 7) is 5.26. The molecule has 0 fully saturated rings. The lowest BCUT2D eigenvalue weighted by atomic mass is 10.0. The number of rotatable bonds is 14. The number of aromatic nitrogens is 2. The van der Waals surface area contributed by atoms with Crippen LogP contribution in [0.4, 0.5) is 5.69 Å². The molecule has 2 atom stereocenters. The fourth-order valence-corrected chi connectivity index (χ4v) is 4.29. The van der Waals surface area contributed by atoms with Gasteiger partial charge in [0.15, 0.2) is 0 Å². The Morgan fingerprint density at radius 3 is 2.29 bits per heavy atom. The zero-order valence-electron chi connectivity index (χ0n) is 20.6. The fourth-order valence-electron chi connectivity index (χ4n) is 3.88. The number of alkyl halides is 2. The molecule has 0 unspecified atom stereocenters. The minimum Gasteiger partial charge on any atom is -0.480 e. The molecule has 1 amide bonds. The summed E-state index contributed by atoms with van der Waals surface area (Å²) in [6.07, 6.45) is 1.44. The molecule has 0 saturated heterocycles. The van der Waals surface area contributed by atoms with E-state index in [9.17, 15) is 14.7 Å². The molecule has 2 rings (SSSR count). The maximum atomic E-state index is 12.7. The molecule has 200 valence electrons. The van der Waals surface area contributed by atoms with E-state index in [2.05, 4.69) is 15.5 Å². The molecule has 0 aliphatic rings. The molecular formula is C23H37Cl4N5O3. The SMILES string of the molecule is CN[C@@H](CCc1nc2cc(N(CCCl)CCCl)ccc2n1C)C(=O)N[C@@H](CC(C)C)C(=O)O.Cl.Cl. The number of carboxylic acid groups (broad SMARTS) is 1. The Balaban J connectivity index is 0.00000578. The Morgan fingerprint density at radius 1 is 1.14 bits per heavy atom. The van der Waals surface area contributed by atoms with Crippen molar-refractivity contribution in [2.24, 2.45) is 13.0 Å². The van der Waals surface area contributed by atoms with E-state index < -0.39 is 18.1 Å². The molecule has 0 bridgehead atoms. The number of carbonyl (C=O) groups excluding carboxylic acids is 1. The summed E-state index contributed by atoms with van der Waals surface area (Å²) in [6, 6.07) is 4.69. The number of nitrogens with zero attached hydrogens (tertiary/aromatic N) is 3. The molecule has 1 aromatic heterocycles. The van der Waals surface area contributed by atoms with Crippen LogP contribution in [0.2, 0.25) is 0 Å². The second kappa shape index (κ2) is 16.3. The van der Waals surface area contributed by atoms with Crippen LogP contribution in [-0.4, -0.2) is 70.5 Å². The van der Waals surface area contributed by atoms with Crippen molar-refractivity contribution in [3.05, 3.63) is 24.0 Å². The molecule has 8 nitrogen and oxygen atoms in total. The van der Waals surface area contributed by atoms with Crippen molar-refractivity contribution in [3.63, 3.8) is 0 Å². The number of likely N-dealkylation sites (N-methyl/N-ethyl adjacent to an activating group) is 1. The predicted octanol–water partition coefficient (Wildman–Crippen LogP) is 3.84. The number of aliphatic carboxylic acids is 1. The summed E-state index contributed by atoms with van der Waals surface area (Å²) >= 11 is 11.9. The van der Waals surface area contributed by atoms with Gasteiger partial charge < -0.3 is 25.2 Å². The number of nitrogens with one attached hydrogen (secondary N) is 2. The Kier molecular flexibility index (Phi) is 15.6. The highest BCUT2D eigenvalue weighted by Gasteiger charge is 2.25. The zero-order valence-corrected chi connectivity index (χ0v) is 23.7. The van der Waals surface area contributed by atoms with E-state index in [0.29, 0.717) is 44.1 Å². The number of hydrogen-bond donors (Lipinski definition) is 3. The van der Waals surface area contributed by atoms with E-state index in [1.54, 1.807) is 7.05 Å². The summed E-state index contributed by atoms with van der Waals surface area (Å²) in [5, 5.41) is 15.1. The monoisotopic (exact) mass is 571 g/mol. The van der Waals surface area contributed by atoms with Gasteiger partial charge in [-0.3, -0.25) is 4.79 Å². The Hall–Kier alpha value is -1.45. The number of benzene rings is 1. The topological polar surface area (TPSA) is 99.5 Å². The fraction of sp³-hybridized carbons (Fsp3) is 0.609. The Morgan fingerprint density at radius 2 is 1.77 bits per heavy atom. The third-order valence-corrected chi connectivity index (χ3v) is 6.01. The summed E-state index contributed by atoms with van der Waals surface area (Å²) < 4.78 is 2.02. The van der Waals surface area contributed by atoms with Gasteiger partial charge in [-0.1, -0.05) is 13.8 Å². The molecule has 1 heterocycles. The lowest BCUT2D eigenvalue weighted by Gasteiger charge is -2.22. The smallest absolute Gasteiger partial charge is 0.326 e. The van der Waals surface area contributed by atoms with E-state index >= 15 is 0 Å². The van der Waals surface area contributed by atoms with Crippen LogP contribution in [0, 0.1) is 5.92 Å². The number of amides is 1. The van der Waals surface area contributed by atoms with Crippen molar-refractivity contribution in [1.29, 1.82) is 0 Å². The first-order valence-corrected chi connectivity index (χ1v) is 12.3. The lowest BCUT2D eigenvalue weighted by molar-refractivity contribution is -0.142. The highest BCUT2D eigenvalue weighted by atomic mass is 35.5. The van der Waals surface area contributed by atoms with Gasteiger partial charge in [-0.15, -0.1) is 48.0 Å². The number of hydrogen-bond acceptors (Lipinski definition) is 5. The van der Waals surface area contributed by atoms with E-state index in [1.807, 2.05) is 43.7 Å². The molecule has 0 radical (unpaired) electrons. The largest absolute Gasteiger partial charge is 0.480 e. The van der Waals surface area contributed by atoms with Crippen LogP contribution in [0.5, 0.6) is 0 Å². The number of carboxylic acids is 1. The number of fused-ring (bicyclic) bond motifs is 1. The van der Waals surface area contributed by atoms with Gasteiger partial charge in [-0.25, -0.2) is 9.78 Å². The van der Waals surface area contributed by atoms with Crippen molar-refractivity contribution < 1.29 is 14.7 Å². The maximum absolute atomic E-state index is 12.7. The Bertz CT molecular complexity index is 935. The van der Waals surface area contributed by atoms with E-state index in [4.69, 9.17) is 28.2 Å². The van der Waals surface area contributed by atoms with Crippen molar-refractivity contribution in [2.75, 3.05) is 36.8 Å². The van der Waals surface area contributed by atoms with Gasteiger partial charge in [0.1, 0.15) is 11.9 Å². The first-order valence-electron chi connectivity index (χ1n) is 11.2. The molecule has 0 spiro atoms. The molecule has 0 aliphatic heterocycles. The van der Waals surface area contributed by atoms with Crippen LogP contribution >= 0.6 is 48.0 Å². The number of halogens is 4. The standard InChI is InChI=1S/C23H35Cl2N5O3.2ClH/c1-15(2)13-19(23(32)33)28-22(31)17(26-3)6-8-21-27-18-14-16(5-7-20(18)29(21)4)30(11-9-24)12-10-25;;/h5,7,14-15,17,19,26H,6,8-13H2,1-4H3,(H,28,31)(H,32,33);2*1H/t17-,19-;;/m0../s1. The number of carbonyl (C=O) groups is 2. The van der Waals surface area contributed by atoms with Crippen LogP contribution in [-0.2, 0) is 23.1 Å². The zero-order chi connectivity index (χ0) is 24.5. The third-order valence-electron chi connectivity index (χ3n) is 5.67. The molecule has 0 aliphatic carbocycles. The molecule has 12 heteroatoms. The predicted molar refractivity (Wildman–Crippen MR) is 149 cm³/mol. The molecule has 35 heavy (non-hydrogen) atoms. The van der Waals surface area contributed by atoms with Gasteiger partial charge in [0.2, 0.25) is 5.91 Å². The van der Waals surface area contributed by atoms with Crippen LogP contribution in [0.15, 0.2) is 18.2 Å². The summed E-state index contributed by atoms with van der Waals surface area (Å²) in [5.41, 5.74) is 2.89. The average Bonchev–Trinajstić information content (AvgIpc) is 3.08. The first-order chi connectivity index (χ1) is 15.7. The van der Waals surface area contributed by atoms with Crippen LogP contribution in [0.25, 0.3) is 11.0 Å². The molecular weight excluding hydrogens is 536 g/mol. The van der Waals surface area contributed by atoms with Crippen molar-refractivity contribution in [3.8, 4) is 0 Å². The second-order valence-corrected chi connectivity index (χ2v) is 9.29. The van der Waals surface area contributed by atoms with Gasteiger partial charge in [-0.05, 0) is 44.0 Å². The molecule has 1 aromatic carbocycles. The van der Waals surface area contributed by atoms with Gasteiger partial charge in [0.25, 0.3) is 0 Å². The minimum absolute atomic E-state index is 0. The molecule has 3 N–H and O–H groups in total.